The van der Waals surface area contributed by atoms with Gasteiger partial charge in [-0.15, -0.1) is 0 Å². The van der Waals surface area contributed by atoms with E-state index in [1.807, 2.05) is 4.90 Å². The van der Waals surface area contributed by atoms with E-state index in [0.29, 0.717) is 31.5 Å². The molecular formula is C14H26N2O3. The fraction of sp³-hybridized carbons (Fsp3) is 0.857. The van der Waals surface area contributed by atoms with Crippen molar-refractivity contribution in [2.75, 3.05) is 6.54 Å². The molecule has 0 radical (unpaired) electrons. The van der Waals surface area contributed by atoms with E-state index in [2.05, 4.69) is 19.2 Å². The molecule has 19 heavy (non-hydrogen) atoms. The lowest BCUT2D eigenvalue weighted by Gasteiger charge is -2.38. The molecule has 1 aliphatic heterocycles. The van der Waals surface area contributed by atoms with Gasteiger partial charge in [0.05, 0.1) is 5.92 Å². The molecule has 1 rings (SSSR count). The maximum Gasteiger partial charge on any atom is 0.317 e. The van der Waals surface area contributed by atoms with Gasteiger partial charge in [0.15, 0.2) is 0 Å². The van der Waals surface area contributed by atoms with Crippen molar-refractivity contribution in [1.29, 1.82) is 0 Å². The van der Waals surface area contributed by atoms with Crippen molar-refractivity contribution < 1.29 is 14.7 Å². The summed E-state index contributed by atoms with van der Waals surface area (Å²) in [5, 5.41) is 11.7. The van der Waals surface area contributed by atoms with Gasteiger partial charge < -0.3 is 15.3 Å². The predicted molar refractivity (Wildman–Crippen MR) is 74.0 cm³/mol. The van der Waals surface area contributed by atoms with E-state index >= 15 is 0 Å². The molecule has 0 aromatic carbocycles. The summed E-state index contributed by atoms with van der Waals surface area (Å²) >= 11 is 0. The number of hydrogen-bond acceptors (Lipinski definition) is 2. The van der Waals surface area contributed by atoms with Crippen molar-refractivity contribution in [3.8, 4) is 0 Å². The van der Waals surface area contributed by atoms with Gasteiger partial charge in [-0.3, -0.25) is 4.79 Å². The summed E-state index contributed by atoms with van der Waals surface area (Å²) in [6.07, 6.45) is 4.61. The van der Waals surface area contributed by atoms with Crippen molar-refractivity contribution in [3.63, 3.8) is 0 Å². The topological polar surface area (TPSA) is 69.6 Å². The molecule has 3 atom stereocenters. The van der Waals surface area contributed by atoms with E-state index in [1.165, 1.54) is 6.42 Å². The van der Waals surface area contributed by atoms with Crippen LogP contribution in [0.15, 0.2) is 0 Å². The monoisotopic (exact) mass is 270 g/mol. The highest BCUT2D eigenvalue weighted by Crippen LogP contribution is 2.22. The Morgan fingerprint density at radius 1 is 1.32 bits per heavy atom. The van der Waals surface area contributed by atoms with Crippen LogP contribution >= 0.6 is 0 Å². The van der Waals surface area contributed by atoms with Crippen molar-refractivity contribution in [3.05, 3.63) is 0 Å². The van der Waals surface area contributed by atoms with E-state index in [1.54, 1.807) is 6.92 Å². The molecule has 1 unspecified atom stereocenters. The van der Waals surface area contributed by atoms with Gasteiger partial charge in [-0.2, -0.15) is 0 Å². The van der Waals surface area contributed by atoms with Crippen LogP contribution in [0.3, 0.4) is 0 Å². The summed E-state index contributed by atoms with van der Waals surface area (Å²) in [6.45, 7) is 6.41. The molecule has 1 saturated heterocycles. The first-order chi connectivity index (χ1) is 8.93. The van der Waals surface area contributed by atoms with Crippen LogP contribution in [0.1, 0.15) is 52.9 Å². The largest absolute Gasteiger partial charge is 0.481 e. The van der Waals surface area contributed by atoms with E-state index < -0.39 is 5.97 Å². The molecule has 0 aromatic rings. The molecular weight excluding hydrogens is 244 g/mol. The number of carbonyl (C=O) groups is 2. The van der Waals surface area contributed by atoms with E-state index in [4.69, 9.17) is 5.11 Å². The van der Waals surface area contributed by atoms with Gasteiger partial charge in [0.1, 0.15) is 0 Å². The smallest absolute Gasteiger partial charge is 0.317 e. The van der Waals surface area contributed by atoms with Crippen LogP contribution in [0.2, 0.25) is 0 Å². The Hall–Kier alpha value is -1.26. The van der Waals surface area contributed by atoms with Crippen molar-refractivity contribution in [2.24, 2.45) is 5.92 Å². The van der Waals surface area contributed by atoms with Gasteiger partial charge in [0.2, 0.25) is 0 Å². The summed E-state index contributed by atoms with van der Waals surface area (Å²) in [6, 6.07) is 0.575. The summed E-state index contributed by atoms with van der Waals surface area (Å²) in [7, 11) is 0. The summed E-state index contributed by atoms with van der Waals surface area (Å²) < 4.78 is 0. The van der Waals surface area contributed by atoms with Crippen LogP contribution in [0.5, 0.6) is 0 Å². The van der Waals surface area contributed by atoms with E-state index in [9.17, 15) is 9.59 Å². The van der Waals surface area contributed by atoms with Gasteiger partial charge in [0, 0.05) is 18.6 Å². The Bertz CT molecular complexity index is 310. The summed E-state index contributed by atoms with van der Waals surface area (Å²) in [5.41, 5.74) is 0. The Morgan fingerprint density at radius 2 is 1.89 bits per heavy atom. The van der Waals surface area contributed by atoms with Gasteiger partial charge >= 0.3 is 12.0 Å². The van der Waals surface area contributed by atoms with Gasteiger partial charge in [0.25, 0.3) is 0 Å². The maximum atomic E-state index is 12.1. The van der Waals surface area contributed by atoms with Crippen molar-refractivity contribution in [2.45, 2.75) is 65.0 Å². The highest BCUT2D eigenvalue weighted by atomic mass is 16.4. The van der Waals surface area contributed by atoms with Gasteiger partial charge in [-0.1, -0.05) is 6.92 Å². The number of carbonyl (C=O) groups excluding carboxylic acids is 1. The Labute approximate surface area is 115 Å². The molecule has 0 saturated carbocycles. The standard InChI is InChI=1S/C14H26N2O3/c1-10(13(17)18)6-5-9-15-14(19)16-11(2)7-4-8-12(16)3/h10-12H,4-9H2,1-3H3,(H,15,19)(H,17,18)/t10?,11-,12+. The molecule has 1 fully saturated rings. The Kier molecular flexibility index (Phi) is 6.12. The minimum Gasteiger partial charge on any atom is -0.481 e. The number of likely N-dealkylation sites (tertiary alicyclic amines) is 1. The van der Waals surface area contributed by atoms with E-state index in [-0.39, 0.29) is 11.9 Å². The summed E-state index contributed by atoms with van der Waals surface area (Å²) in [4.78, 5) is 24.7. The maximum absolute atomic E-state index is 12.1. The molecule has 5 nitrogen and oxygen atoms in total. The van der Waals surface area contributed by atoms with E-state index in [0.717, 1.165) is 12.8 Å². The van der Waals surface area contributed by atoms with Gasteiger partial charge in [-0.05, 0) is 46.0 Å². The average molecular weight is 270 g/mol. The first-order valence-electron chi connectivity index (χ1n) is 7.22. The Balaban J connectivity index is 2.28. The van der Waals surface area contributed by atoms with Crippen LogP contribution in [-0.4, -0.2) is 40.6 Å². The molecule has 2 amide bonds. The highest BCUT2D eigenvalue weighted by Gasteiger charge is 2.28. The molecule has 5 heteroatoms. The molecule has 110 valence electrons. The zero-order chi connectivity index (χ0) is 14.4. The first-order valence-corrected chi connectivity index (χ1v) is 7.22. The molecule has 0 aromatic heterocycles. The number of nitrogens with zero attached hydrogens (tertiary/aromatic N) is 1. The fourth-order valence-electron chi connectivity index (χ4n) is 2.64. The normalized spacial score (nSPS) is 24.9. The van der Waals surface area contributed by atoms with Gasteiger partial charge in [-0.25, -0.2) is 4.79 Å². The number of aliphatic carboxylic acids is 1. The molecule has 1 aliphatic rings. The quantitative estimate of drug-likeness (QED) is 0.754. The first kappa shape index (κ1) is 15.8. The molecule has 1 heterocycles. The van der Waals surface area contributed by atoms with Crippen LogP contribution in [-0.2, 0) is 4.79 Å². The van der Waals surface area contributed by atoms with Crippen molar-refractivity contribution >= 4 is 12.0 Å². The number of nitrogens with one attached hydrogen (secondary N) is 1. The van der Waals surface area contributed by atoms with Crippen LogP contribution in [0.25, 0.3) is 0 Å². The lowest BCUT2D eigenvalue weighted by atomic mass is 9.98. The molecule has 0 bridgehead atoms. The minimum absolute atomic E-state index is 0.0114. The lowest BCUT2D eigenvalue weighted by Crippen LogP contribution is -2.51. The number of hydrogen-bond donors (Lipinski definition) is 2. The summed E-state index contributed by atoms with van der Waals surface area (Å²) in [5.74, 6) is -1.12. The molecule has 0 spiro atoms. The second-order valence-electron chi connectivity index (χ2n) is 5.65. The lowest BCUT2D eigenvalue weighted by molar-refractivity contribution is -0.141. The number of rotatable bonds is 5. The van der Waals surface area contributed by atoms with Crippen LogP contribution in [0.4, 0.5) is 4.79 Å². The molecule has 2 N–H and O–H groups in total. The van der Waals surface area contributed by atoms with Crippen LogP contribution < -0.4 is 5.32 Å². The third kappa shape index (κ3) is 4.73. The fourth-order valence-corrected chi connectivity index (χ4v) is 2.64. The zero-order valence-electron chi connectivity index (χ0n) is 12.2. The number of carboxylic acids is 1. The number of carboxylic acid groups (broad SMARTS) is 1. The second kappa shape index (κ2) is 7.36. The Morgan fingerprint density at radius 3 is 2.42 bits per heavy atom. The zero-order valence-corrected chi connectivity index (χ0v) is 12.2. The predicted octanol–water partition coefficient (Wildman–Crippen LogP) is 2.46. The number of piperidine rings is 1. The molecule has 0 aliphatic carbocycles. The average Bonchev–Trinajstić information content (AvgIpc) is 2.34. The highest BCUT2D eigenvalue weighted by molar-refractivity contribution is 5.75. The third-order valence-electron chi connectivity index (χ3n) is 3.94. The van der Waals surface area contributed by atoms with Crippen LogP contribution in [0, 0.1) is 5.92 Å². The second-order valence-corrected chi connectivity index (χ2v) is 5.65. The third-order valence-corrected chi connectivity index (χ3v) is 3.94. The minimum atomic E-state index is -0.774. The SMILES string of the molecule is CC(CCCNC(=O)N1[C@H](C)CCC[C@@H]1C)C(=O)O. The van der Waals surface area contributed by atoms with Crippen molar-refractivity contribution in [1.82, 2.24) is 10.2 Å². The number of urea groups is 1. The number of amides is 2.